The molecule has 2 N–H and O–H groups in total. The lowest BCUT2D eigenvalue weighted by Gasteiger charge is -2.33. The van der Waals surface area contributed by atoms with Crippen LogP contribution in [0.5, 0.6) is 0 Å². The van der Waals surface area contributed by atoms with E-state index in [4.69, 9.17) is 22.1 Å². The summed E-state index contributed by atoms with van der Waals surface area (Å²) >= 11 is 5.83. The van der Waals surface area contributed by atoms with E-state index in [2.05, 4.69) is 0 Å². The Hall–Kier alpha value is -1.10. The molecule has 0 aromatic heterocycles. The molecule has 0 bridgehead atoms. The zero-order valence-corrected chi connectivity index (χ0v) is 10.2. The molecule has 1 aromatic rings. The van der Waals surface area contributed by atoms with Gasteiger partial charge in [-0.2, -0.15) is 0 Å². The fourth-order valence-electron chi connectivity index (χ4n) is 1.88. The second kappa shape index (κ2) is 5.49. The van der Waals surface area contributed by atoms with Crippen LogP contribution in [-0.4, -0.2) is 37.0 Å². The number of morpholine rings is 1. The van der Waals surface area contributed by atoms with Gasteiger partial charge < -0.3 is 15.4 Å². The number of rotatable bonds is 2. The fourth-order valence-corrected chi connectivity index (χ4v) is 2.01. The largest absolute Gasteiger partial charge is 0.370 e. The highest BCUT2D eigenvalue weighted by Crippen LogP contribution is 2.23. The monoisotopic (exact) mass is 254 g/mol. The van der Waals surface area contributed by atoms with Crippen molar-refractivity contribution in [1.29, 1.82) is 0 Å². The van der Waals surface area contributed by atoms with Gasteiger partial charge in [0.15, 0.2) is 0 Å². The van der Waals surface area contributed by atoms with Crippen LogP contribution >= 0.6 is 11.6 Å². The second-order valence-electron chi connectivity index (χ2n) is 3.95. The van der Waals surface area contributed by atoms with Crippen molar-refractivity contribution in [2.45, 2.75) is 6.10 Å². The molecular weight excluding hydrogens is 240 g/mol. The Labute approximate surface area is 105 Å². The standard InChI is InChI=1S/C12H15ClN2O2/c13-10-3-1-9(2-4-10)11-8-15(5-6-17-11)12(16)7-14/h1-4,11H,5-8,14H2. The highest BCUT2D eigenvalue weighted by Gasteiger charge is 2.24. The van der Waals surface area contributed by atoms with E-state index in [0.717, 1.165) is 5.56 Å². The van der Waals surface area contributed by atoms with Crippen molar-refractivity contribution < 1.29 is 9.53 Å². The first-order chi connectivity index (χ1) is 8.20. The van der Waals surface area contributed by atoms with E-state index in [-0.39, 0.29) is 18.6 Å². The van der Waals surface area contributed by atoms with Gasteiger partial charge in [-0.05, 0) is 17.7 Å². The van der Waals surface area contributed by atoms with Gasteiger partial charge in [-0.3, -0.25) is 4.79 Å². The second-order valence-corrected chi connectivity index (χ2v) is 4.39. The van der Waals surface area contributed by atoms with Crippen LogP contribution in [0.1, 0.15) is 11.7 Å². The van der Waals surface area contributed by atoms with Crippen molar-refractivity contribution in [3.8, 4) is 0 Å². The van der Waals surface area contributed by atoms with Gasteiger partial charge in [-0.15, -0.1) is 0 Å². The molecule has 1 aromatic carbocycles. The van der Waals surface area contributed by atoms with Crippen molar-refractivity contribution in [3.63, 3.8) is 0 Å². The smallest absolute Gasteiger partial charge is 0.236 e. The number of amides is 1. The Bertz CT molecular complexity index is 394. The van der Waals surface area contributed by atoms with E-state index in [1.54, 1.807) is 4.90 Å². The first kappa shape index (κ1) is 12.4. The lowest BCUT2D eigenvalue weighted by atomic mass is 10.1. The first-order valence-electron chi connectivity index (χ1n) is 5.55. The van der Waals surface area contributed by atoms with Crippen molar-refractivity contribution in [2.24, 2.45) is 5.73 Å². The van der Waals surface area contributed by atoms with Gasteiger partial charge >= 0.3 is 0 Å². The third kappa shape index (κ3) is 2.97. The normalized spacial score (nSPS) is 20.4. The zero-order chi connectivity index (χ0) is 12.3. The van der Waals surface area contributed by atoms with Crippen molar-refractivity contribution in [1.82, 2.24) is 4.90 Å². The number of nitrogens with two attached hydrogens (primary N) is 1. The Balaban J connectivity index is 2.06. The molecule has 1 heterocycles. The molecule has 17 heavy (non-hydrogen) atoms. The van der Waals surface area contributed by atoms with Crippen LogP contribution in [0.3, 0.4) is 0 Å². The van der Waals surface area contributed by atoms with Crippen LogP contribution in [-0.2, 0) is 9.53 Å². The maximum absolute atomic E-state index is 11.5. The third-order valence-electron chi connectivity index (χ3n) is 2.84. The SMILES string of the molecule is NCC(=O)N1CCOC(c2ccc(Cl)cc2)C1. The molecule has 1 fully saturated rings. The number of benzene rings is 1. The maximum Gasteiger partial charge on any atom is 0.236 e. The van der Waals surface area contributed by atoms with Gasteiger partial charge in [0.2, 0.25) is 5.91 Å². The lowest BCUT2D eigenvalue weighted by Crippen LogP contribution is -2.44. The van der Waals surface area contributed by atoms with Gasteiger partial charge in [0.05, 0.1) is 19.7 Å². The molecule has 4 nitrogen and oxygen atoms in total. The highest BCUT2D eigenvalue weighted by molar-refractivity contribution is 6.30. The fraction of sp³-hybridized carbons (Fsp3) is 0.417. The summed E-state index contributed by atoms with van der Waals surface area (Å²) in [6, 6.07) is 7.49. The van der Waals surface area contributed by atoms with E-state index in [9.17, 15) is 4.79 Å². The van der Waals surface area contributed by atoms with Crippen molar-refractivity contribution >= 4 is 17.5 Å². The van der Waals surface area contributed by atoms with Gasteiger partial charge in [0, 0.05) is 11.6 Å². The van der Waals surface area contributed by atoms with E-state index >= 15 is 0 Å². The van der Waals surface area contributed by atoms with Crippen molar-refractivity contribution in [3.05, 3.63) is 34.9 Å². The quantitative estimate of drug-likeness (QED) is 0.863. The highest BCUT2D eigenvalue weighted by atomic mass is 35.5. The molecule has 1 atom stereocenters. The molecule has 2 rings (SSSR count). The minimum atomic E-state index is -0.0866. The van der Waals surface area contributed by atoms with Gasteiger partial charge in [-0.25, -0.2) is 0 Å². The predicted octanol–water partition coefficient (Wildman–Crippen LogP) is 1.20. The Kier molecular flexibility index (Phi) is 3.99. The lowest BCUT2D eigenvalue weighted by molar-refractivity contribution is -0.137. The predicted molar refractivity (Wildman–Crippen MR) is 65.8 cm³/mol. The molecule has 5 heteroatoms. The summed E-state index contributed by atoms with van der Waals surface area (Å²) in [6.07, 6.45) is -0.0866. The van der Waals surface area contributed by atoms with Crippen LogP contribution in [0.25, 0.3) is 0 Å². The van der Waals surface area contributed by atoms with Gasteiger partial charge in [0.1, 0.15) is 6.10 Å². The Morgan fingerprint density at radius 3 is 2.82 bits per heavy atom. The molecule has 1 saturated heterocycles. The van der Waals surface area contributed by atoms with Crippen molar-refractivity contribution in [2.75, 3.05) is 26.2 Å². The molecule has 0 saturated carbocycles. The van der Waals surface area contributed by atoms with Gasteiger partial charge in [-0.1, -0.05) is 23.7 Å². The molecule has 0 spiro atoms. The van der Waals surface area contributed by atoms with E-state index < -0.39 is 0 Å². The number of halogens is 1. The number of nitrogens with zero attached hydrogens (tertiary/aromatic N) is 1. The third-order valence-corrected chi connectivity index (χ3v) is 3.09. The van der Waals surface area contributed by atoms with Crippen LogP contribution in [0.15, 0.2) is 24.3 Å². The van der Waals surface area contributed by atoms with E-state index in [1.165, 1.54) is 0 Å². The molecule has 0 radical (unpaired) electrons. The molecule has 0 aliphatic carbocycles. The molecule has 1 amide bonds. The number of carbonyl (C=O) groups excluding carboxylic acids is 1. The van der Waals surface area contributed by atoms with Crippen LogP contribution in [0.4, 0.5) is 0 Å². The summed E-state index contributed by atoms with van der Waals surface area (Å²) in [5.41, 5.74) is 6.39. The summed E-state index contributed by atoms with van der Waals surface area (Å²) in [6.45, 7) is 1.75. The molecule has 92 valence electrons. The zero-order valence-electron chi connectivity index (χ0n) is 9.43. The topological polar surface area (TPSA) is 55.6 Å². The molecule has 1 aliphatic rings. The number of hydrogen-bond donors (Lipinski definition) is 1. The summed E-state index contributed by atoms with van der Waals surface area (Å²) < 4.78 is 5.65. The summed E-state index contributed by atoms with van der Waals surface area (Å²) in [5.74, 6) is -0.0349. The average Bonchev–Trinajstić information content (AvgIpc) is 2.39. The number of hydrogen-bond acceptors (Lipinski definition) is 3. The summed E-state index contributed by atoms with van der Waals surface area (Å²) in [4.78, 5) is 13.3. The van der Waals surface area contributed by atoms with Crippen LogP contribution in [0.2, 0.25) is 5.02 Å². The Morgan fingerprint density at radius 1 is 1.47 bits per heavy atom. The summed E-state index contributed by atoms with van der Waals surface area (Å²) in [5, 5.41) is 0.694. The van der Waals surface area contributed by atoms with Crippen LogP contribution in [0, 0.1) is 0 Å². The van der Waals surface area contributed by atoms with Gasteiger partial charge in [0.25, 0.3) is 0 Å². The molecular formula is C12H15ClN2O2. The summed E-state index contributed by atoms with van der Waals surface area (Å²) in [7, 11) is 0. The van der Waals surface area contributed by atoms with Crippen LogP contribution < -0.4 is 5.73 Å². The number of ether oxygens (including phenoxy) is 1. The maximum atomic E-state index is 11.5. The molecule has 1 unspecified atom stereocenters. The van der Waals surface area contributed by atoms with E-state index in [0.29, 0.717) is 24.7 Å². The number of carbonyl (C=O) groups is 1. The van der Waals surface area contributed by atoms with E-state index in [1.807, 2.05) is 24.3 Å². The first-order valence-corrected chi connectivity index (χ1v) is 5.93. The Morgan fingerprint density at radius 2 is 2.18 bits per heavy atom. The average molecular weight is 255 g/mol. The molecule has 1 aliphatic heterocycles. The minimum absolute atomic E-state index is 0.0349. The minimum Gasteiger partial charge on any atom is -0.370 e.